The number of ether oxygens (including phenoxy) is 1. The predicted molar refractivity (Wildman–Crippen MR) is 116 cm³/mol. The average molecular weight is 438 g/mol. The van der Waals surface area contributed by atoms with Crippen LogP contribution in [0.3, 0.4) is 0 Å². The summed E-state index contributed by atoms with van der Waals surface area (Å²) in [5.74, 6) is 0.220. The molecule has 9 heteroatoms. The van der Waals surface area contributed by atoms with Crippen molar-refractivity contribution in [2.75, 3.05) is 7.11 Å². The molecule has 0 saturated carbocycles. The van der Waals surface area contributed by atoms with Crippen LogP contribution in [0.4, 0.5) is 4.39 Å². The van der Waals surface area contributed by atoms with Gasteiger partial charge in [0.2, 0.25) is 0 Å². The summed E-state index contributed by atoms with van der Waals surface area (Å²) in [5.41, 5.74) is 3.60. The number of rotatable bonds is 6. The fourth-order valence-corrected chi connectivity index (χ4v) is 4.13. The Balaban J connectivity index is 1.53. The Morgan fingerprint density at radius 3 is 2.71 bits per heavy atom. The first-order valence-corrected chi connectivity index (χ1v) is 10.3. The third kappa shape index (κ3) is 4.31. The molecule has 0 spiro atoms. The smallest absolute Gasteiger partial charge is 0.263 e. The molecule has 0 aliphatic heterocycles. The number of hydrogen-bond donors (Lipinski definition) is 1. The van der Waals surface area contributed by atoms with Crippen LogP contribution in [-0.4, -0.2) is 33.0 Å². The number of benzene rings is 2. The van der Waals surface area contributed by atoms with Crippen LogP contribution < -0.4 is 10.1 Å². The molecule has 0 saturated heterocycles. The van der Waals surface area contributed by atoms with E-state index in [1.54, 1.807) is 30.8 Å². The number of nitrogens with one attached hydrogen (secondary N) is 1. The van der Waals surface area contributed by atoms with Gasteiger partial charge in [-0.25, -0.2) is 14.1 Å². The topological polar surface area (TPSA) is 81.9 Å². The molecule has 0 radical (unpaired) electrons. The molecule has 0 atom stereocenters. The van der Waals surface area contributed by atoms with Gasteiger partial charge in [0.25, 0.3) is 5.91 Å². The Bertz CT molecular complexity index is 1230. The maximum Gasteiger partial charge on any atom is 0.263 e. The number of aryl methyl sites for hydroxylation is 1. The Morgan fingerprint density at radius 1 is 1.19 bits per heavy atom. The zero-order valence-electron chi connectivity index (χ0n) is 17.2. The molecule has 0 bridgehead atoms. The summed E-state index contributed by atoms with van der Waals surface area (Å²) in [5, 5.41) is 11.9. The van der Waals surface area contributed by atoms with Gasteiger partial charge in [-0.1, -0.05) is 17.3 Å². The molecule has 2 aromatic carbocycles. The molecule has 4 rings (SSSR count). The van der Waals surface area contributed by atoms with Crippen molar-refractivity contribution >= 4 is 17.2 Å². The molecule has 2 heterocycles. The molecule has 4 aromatic rings. The standard InChI is InChI=1S/C22H20FN5O2S/c1-13-20(21(29)24-12-15-5-4-6-18(11-15)30-3)31-22(25-13)19-14(2)28(27-26-19)17-9-7-16(23)8-10-17/h4-11H,12H2,1-3H3,(H,24,29). The molecule has 1 amide bonds. The Hall–Kier alpha value is -3.59. The van der Waals surface area contributed by atoms with Crippen LogP contribution in [0, 0.1) is 19.7 Å². The van der Waals surface area contributed by atoms with E-state index in [0.717, 1.165) is 17.0 Å². The van der Waals surface area contributed by atoms with E-state index in [4.69, 9.17) is 4.74 Å². The van der Waals surface area contributed by atoms with E-state index < -0.39 is 0 Å². The minimum absolute atomic E-state index is 0.201. The van der Waals surface area contributed by atoms with E-state index in [9.17, 15) is 9.18 Å². The minimum atomic E-state index is -0.318. The van der Waals surface area contributed by atoms with E-state index in [-0.39, 0.29) is 11.7 Å². The number of thiazole rings is 1. The second-order valence-electron chi connectivity index (χ2n) is 6.88. The van der Waals surface area contributed by atoms with Crippen molar-refractivity contribution in [3.8, 4) is 22.1 Å². The normalized spacial score (nSPS) is 10.8. The van der Waals surface area contributed by atoms with Crippen molar-refractivity contribution in [1.29, 1.82) is 0 Å². The second-order valence-corrected chi connectivity index (χ2v) is 7.88. The quantitative estimate of drug-likeness (QED) is 0.491. The SMILES string of the molecule is COc1cccc(CNC(=O)c2sc(-c3nnn(-c4ccc(F)cc4)c3C)nc2C)c1. The van der Waals surface area contributed by atoms with Crippen LogP contribution >= 0.6 is 11.3 Å². The van der Waals surface area contributed by atoms with Gasteiger partial charge in [0, 0.05) is 6.54 Å². The molecule has 7 nitrogen and oxygen atoms in total. The summed E-state index contributed by atoms with van der Waals surface area (Å²) in [6.45, 7) is 4.03. The number of amides is 1. The largest absolute Gasteiger partial charge is 0.497 e. The number of carbonyl (C=O) groups is 1. The van der Waals surface area contributed by atoms with Crippen LogP contribution in [0.2, 0.25) is 0 Å². The molecule has 31 heavy (non-hydrogen) atoms. The Kier molecular flexibility index (Phi) is 5.77. The number of carbonyl (C=O) groups excluding carboxylic acids is 1. The maximum absolute atomic E-state index is 13.2. The molecule has 2 aromatic heterocycles. The molecule has 0 aliphatic carbocycles. The first-order valence-electron chi connectivity index (χ1n) is 9.53. The van der Waals surface area contributed by atoms with Gasteiger partial charge in [-0.3, -0.25) is 4.79 Å². The molecule has 0 fully saturated rings. The summed E-state index contributed by atoms with van der Waals surface area (Å²) in [6, 6.07) is 13.5. The number of halogens is 1. The van der Waals surface area contributed by atoms with Crippen LogP contribution in [0.1, 0.15) is 26.6 Å². The van der Waals surface area contributed by atoms with E-state index in [0.29, 0.717) is 33.5 Å². The molecule has 0 unspecified atom stereocenters. The predicted octanol–water partition coefficient (Wildman–Crippen LogP) is 4.09. The van der Waals surface area contributed by atoms with E-state index in [1.807, 2.05) is 31.2 Å². The van der Waals surface area contributed by atoms with Gasteiger partial charge in [-0.15, -0.1) is 16.4 Å². The Morgan fingerprint density at radius 2 is 1.97 bits per heavy atom. The van der Waals surface area contributed by atoms with Crippen LogP contribution in [-0.2, 0) is 6.54 Å². The number of aromatic nitrogens is 4. The minimum Gasteiger partial charge on any atom is -0.497 e. The highest BCUT2D eigenvalue weighted by atomic mass is 32.1. The first-order chi connectivity index (χ1) is 15.0. The van der Waals surface area contributed by atoms with E-state index in [2.05, 4.69) is 20.6 Å². The molecular weight excluding hydrogens is 417 g/mol. The fourth-order valence-electron chi connectivity index (χ4n) is 3.11. The van der Waals surface area contributed by atoms with Gasteiger partial charge >= 0.3 is 0 Å². The number of hydrogen-bond acceptors (Lipinski definition) is 6. The summed E-state index contributed by atoms with van der Waals surface area (Å²) < 4.78 is 20.0. The van der Waals surface area contributed by atoms with Crippen LogP contribution in [0.25, 0.3) is 16.4 Å². The van der Waals surface area contributed by atoms with Gasteiger partial charge in [0.1, 0.15) is 27.1 Å². The van der Waals surface area contributed by atoms with Gasteiger partial charge in [-0.05, 0) is 55.8 Å². The summed E-state index contributed by atoms with van der Waals surface area (Å²) in [6.07, 6.45) is 0. The lowest BCUT2D eigenvalue weighted by Crippen LogP contribution is -2.22. The van der Waals surface area contributed by atoms with Crippen LogP contribution in [0.15, 0.2) is 48.5 Å². The van der Waals surface area contributed by atoms with Crippen LogP contribution in [0.5, 0.6) is 5.75 Å². The van der Waals surface area contributed by atoms with E-state index >= 15 is 0 Å². The number of nitrogens with zero attached hydrogens (tertiary/aromatic N) is 4. The van der Waals surface area contributed by atoms with Crippen molar-refractivity contribution < 1.29 is 13.9 Å². The first kappa shape index (κ1) is 20.7. The maximum atomic E-state index is 13.2. The molecular formula is C22H20FN5O2S. The zero-order chi connectivity index (χ0) is 22.0. The van der Waals surface area contributed by atoms with Crippen molar-refractivity contribution in [2.24, 2.45) is 0 Å². The summed E-state index contributed by atoms with van der Waals surface area (Å²) in [7, 11) is 1.61. The zero-order valence-corrected chi connectivity index (χ0v) is 18.0. The monoisotopic (exact) mass is 437 g/mol. The van der Waals surface area contributed by atoms with Crippen molar-refractivity contribution in [3.05, 3.63) is 76.2 Å². The highest BCUT2D eigenvalue weighted by molar-refractivity contribution is 7.17. The average Bonchev–Trinajstić information content (AvgIpc) is 3.35. The van der Waals surface area contributed by atoms with Gasteiger partial charge in [0.05, 0.1) is 24.2 Å². The third-order valence-electron chi connectivity index (χ3n) is 4.76. The fraction of sp³-hybridized carbons (Fsp3) is 0.182. The third-order valence-corrected chi connectivity index (χ3v) is 5.92. The Labute approximate surface area is 182 Å². The number of methoxy groups -OCH3 is 1. The molecule has 1 N–H and O–H groups in total. The highest BCUT2D eigenvalue weighted by Gasteiger charge is 2.20. The highest BCUT2D eigenvalue weighted by Crippen LogP contribution is 2.29. The van der Waals surface area contributed by atoms with E-state index in [1.165, 1.54) is 23.5 Å². The molecule has 158 valence electrons. The van der Waals surface area contributed by atoms with Gasteiger partial charge in [-0.2, -0.15) is 0 Å². The second kappa shape index (κ2) is 8.65. The molecule has 0 aliphatic rings. The van der Waals surface area contributed by atoms with Crippen molar-refractivity contribution in [1.82, 2.24) is 25.3 Å². The van der Waals surface area contributed by atoms with Crippen molar-refractivity contribution in [2.45, 2.75) is 20.4 Å². The summed E-state index contributed by atoms with van der Waals surface area (Å²) >= 11 is 1.26. The van der Waals surface area contributed by atoms with Gasteiger partial charge in [0.15, 0.2) is 0 Å². The lowest BCUT2D eigenvalue weighted by atomic mass is 10.2. The van der Waals surface area contributed by atoms with Crippen molar-refractivity contribution in [3.63, 3.8) is 0 Å². The lowest BCUT2D eigenvalue weighted by Gasteiger charge is -2.06. The van der Waals surface area contributed by atoms with Gasteiger partial charge < -0.3 is 10.1 Å². The summed E-state index contributed by atoms with van der Waals surface area (Å²) in [4.78, 5) is 17.8. The lowest BCUT2D eigenvalue weighted by molar-refractivity contribution is 0.0954.